The Morgan fingerprint density at radius 3 is 2.68 bits per heavy atom. The number of carbonyl (C=O) groups is 2. The van der Waals surface area contributed by atoms with Crippen molar-refractivity contribution in [2.75, 3.05) is 32.8 Å². The molecule has 2 aromatic carbocycles. The number of fused-ring (bicyclic) bond motifs is 5. The van der Waals surface area contributed by atoms with Crippen LogP contribution in [-0.2, 0) is 17.6 Å². The number of carbonyl (C=O) groups excluding carboxylic acids is 2. The minimum atomic E-state index is -0.108. The van der Waals surface area contributed by atoms with E-state index in [-0.39, 0.29) is 29.9 Å². The van der Waals surface area contributed by atoms with Crippen LogP contribution in [0.25, 0.3) is 0 Å². The molecule has 4 heterocycles. The first-order chi connectivity index (χ1) is 16.7. The van der Waals surface area contributed by atoms with E-state index in [9.17, 15) is 9.59 Å². The van der Waals surface area contributed by atoms with Gasteiger partial charge in [-0.05, 0) is 60.9 Å². The number of likely N-dealkylation sites (tertiary alicyclic amines) is 1. The maximum atomic E-state index is 13.6. The van der Waals surface area contributed by atoms with E-state index in [0.717, 1.165) is 55.7 Å². The molecule has 0 bridgehead atoms. The molecule has 0 spiro atoms. The number of hydrogen-bond donors (Lipinski definition) is 1. The van der Waals surface area contributed by atoms with Crippen LogP contribution < -0.4 is 14.8 Å². The fraction of sp³-hybridized carbons (Fsp3) is 0.481. The molecule has 34 heavy (non-hydrogen) atoms. The van der Waals surface area contributed by atoms with Crippen molar-refractivity contribution in [3.05, 3.63) is 59.2 Å². The van der Waals surface area contributed by atoms with Crippen LogP contribution in [0.5, 0.6) is 11.5 Å². The van der Waals surface area contributed by atoms with E-state index in [2.05, 4.69) is 34.5 Å². The van der Waals surface area contributed by atoms with Crippen LogP contribution in [0.3, 0.4) is 0 Å². The second kappa shape index (κ2) is 8.85. The molecule has 2 aromatic rings. The molecular weight excluding hydrogens is 430 g/mol. The molecule has 3 atom stereocenters. The van der Waals surface area contributed by atoms with Gasteiger partial charge in [0.2, 0.25) is 5.91 Å². The highest BCUT2D eigenvalue weighted by atomic mass is 16.6. The van der Waals surface area contributed by atoms with Gasteiger partial charge in [-0.25, -0.2) is 4.79 Å². The van der Waals surface area contributed by atoms with Gasteiger partial charge in [0, 0.05) is 25.7 Å². The van der Waals surface area contributed by atoms with Crippen LogP contribution in [0.4, 0.5) is 4.79 Å². The molecule has 0 aromatic heterocycles. The van der Waals surface area contributed by atoms with Gasteiger partial charge in [-0.3, -0.25) is 4.79 Å². The van der Waals surface area contributed by atoms with E-state index in [0.29, 0.717) is 26.3 Å². The van der Waals surface area contributed by atoms with Crippen molar-refractivity contribution in [2.45, 2.75) is 44.2 Å². The lowest BCUT2D eigenvalue weighted by Gasteiger charge is -2.51. The molecule has 2 saturated heterocycles. The largest absolute Gasteiger partial charge is 0.486 e. The summed E-state index contributed by atoms with van der Waals surface area (Å²) in [5, 5.41) is 3.11. The van der Waals surface area contributed by atoms with Crippen molar-refractivity contribution < 1.29 is 19.1 Å². The first-order valence-electron chi connectivity index (χ1n) is 12.5. The van der Waals surface area contributed by atoms with E-state index in [1.54, 1.807) is 0 Å². The van der Waals surface area contributed by atoms with Gasteiger partial charge in [-0.1, -0.05) is 30.3 Å². The topological polar surface area (TPSA) is 71.1 Å². The van der Waals surface area contributed by atoms with Crippen molar-refractivity contribution in [2.24, 2.45) is 5.92 Å². The lowest BCUT2D eigenvalue weighted by molar-refractivity contribution is -0.148. The van der Waals surface area contributed by atoms with Crippen molar-refractivity contribution in [1.29, 1.82) is 0 Å². The van der Waals surface area contributed by atoms with Gasteiger partial charge in [0.05, 0.1) is 12.0 Å². The fourth-order valence-corrected chi connectivity index (χ4v) is 6.15. The number of amides is 3. The van der Waals surface area contributed by atoms with Gasteiger partial charge in [0.1, 0.15) is 13.2 Å². The molecule has 0 aliphatic carbocycles. The Hall–Kier alpha value is -3.22. The molecule has 6 rings (SSSR count). The molecule has 7 heteroatoms. The fourth-order valence-electron chi connectivity index (χ4n) is 6.15. The normalized spacial score (nSPS) is 25.2. The Bertz CT molecular complexity index is 1090. The van der Waals surface area contributed by atoms with Crippen LogP contribution in [0, 0.1) is 5.92 Å². The number of ether oxygens (including phenoxy) is 2. The van der Waals surface area contributed by atoms with Gasteiger partial charge in [-0.2, -0.15) is 0 Å². The minimum absolute atomic E-state index is 0.0222. The molecule has 0 radical (unpaired) electrons. The molecule has 0 saturated carbocycles. The minimum Gasteiger partial charge on any atom is -0.486 e. The molecular formula is C27H31N3O4. The summed E-state index contributed by atoms with van der Waals surface area (Å²) in [7, 11) is 0. The Morgan fingerprint density at radius 1 is 1.06 bits per heavy atom. The van der Waals surface area contributed by atoms with Gasteiger partial charge < -0.3 is 24.6 Å². The first-order valence-corrected chi connectivity index (χ1v) is 12.5. The van der Waals surface area contributed by atoms with Crippen LogP contribution in [0.1, 0.15) is 42.0 Å². The maximum Gasteiger partial charge on any atom is 0.317 e. The maximum absolute atomic E-state index is 13.6. The zero-order chi connectivity index (χ0) is 23.1. The molecule has 1 N–H and O–H groups in total. The summed E-state index contributed by atoms with van der Waals surface area (Å²) in [5.74, 6) is 1.66. The standard InChI is InChI=1S/C27H31N3O4/c31-26-20-7-4-11-30(27(32)28-10-8-18-5-2-1-3-6-18)22(20)17-23-21-16-25-24(33-13-14-34-25)15-19(21)9-12-29(23)26/h1-3,5-6,15-16,20,22-23H,4,7-14,17H2,(H,28,32)/t20-,22-,23+/m1/s1. The number of benzene rings is 2. The average Bonchev–Trinajstić information content (AvgIpc) is 2.88. The monoisotopic (exact) mass is 461 g/mol. The van der Waals surface area contributed by atoms with Crippen LogP contribution in [-0.4, -0.2) is 60.6 Å². The van der Waals surface area contributed by atoms with Crippen LogP contribution in [0.2, 0.25) is 0 Å². The number of nitrogens with zero attached hydrogens (tertiary/aromatic N) is 2. The highest BCUT2D eigenvalue weighted by Gasteiger charge is 2.48. The van der Waals surface area contributed by atoms with Crippen molar-refractivity contribution in [3.63, 3.8) is 0 Å². The summed E-state index contributed by atoms with van der Waals surface area (Å²) in [6, 6.07) is 14.2. The third-order valence-corrected chi connectivity index (χ3v) is 7.80. The first kappa shape index (κ1) is 21.3. The number of hydrogen-bond acceptors (Lipinski definition) is 4. The third kappa shape index (κ3) is 3.77. The lowest BCUT2D eigenvalue weighted by atomic mass is 9.76. The molecule has 2 fully saturated rings. The van der Waals surface area contributed by atoms with E-state index in [1.807, 2.05) is 23.1 Å². The number of nitrogens with one attached hydrogen (secondary N) is 1. The smallest absolute Gasteiger partial charge is 0.317 e. The summed E-state index contributed by atoms with van der Waals surface area (Å²) in [6.07, 6.45) is 4.12. The predicted octanol–water partition coefficient (Wildman–Crippen LogP) is 3.32. The summed E-state index contributed by atoms with van der Waals surface area (Å²) in [4.78, 5) is 30.8. The lowest BCUT2D eigenvalue weighted by Crippen LogP contribution is -2.61. The number of urea groups is 1. The summed E-state index contributed by atoms with van der Waals surface area (Å²) >= 11 is 0. The Balaban J connectivity index is 1.21. The summed E-state index contributed by atoms with van der Waals surface area (Å²) < 4.78 is 11.6. The zero-order valence-electron chi connectivity index (χ0n) is 19.4. The van der Waals surface area contributed by atoms with Gasteiger partial charge >= 0.3 is 6.03 Å². The highest BCUT2D eigenvalue weighted by Crippen LogP contribution is 2.46. The molecule has 3 amide bonds. The molecule has 4 aliphatic heterocycles. The molecule has 4 aliphatic rings. The van der Waals surface area contributed by atoms with Crippen LogP contribution >= 0.6 is 0 Å². The summed E-state index contributed by atoms with van der Waals surface area (Å²) in [6.45, 7) is 3.13. The average molecular weight is 462 g/mol. The van der Waals surface area contributed by atoms with E-state index >= 15 is 0 Å². The van der Waals surface area contributed by atoms with Crippen LogP contribution in [0.15, 0.2) is 42.5 Å². The summed E-state index contributed by atoms with van der Waals surface area (Å²) in [5.41, 5.74) is 3.58. The quantitative estimate of drug-likeness (QED) is 0.761. The Labute approximate surface area is 200 Å². The second-order valence-corrected chi connectivity index (χ2v) is 9.70. The van der Waals surface area contributed by atoms with Crippen molar-refractivity contribution in [1.82, 2.24) is 15.1 Å². The Kier molecular flexibility index (Phi) is 5.55. The third-order valence-electron chi connectivity index (χ3n) is 7.80. The van der Waals surface area contributed by atoms with Gasteiger partial charge in [0.25, 0.3) is 0 Å². The molecule has 178 valence electrons. The number of piperidine rings is 2. The second-order valence-electron chi connectivity index (χ2n) is 9.70. The van der Waals surface area contributed by atoms with Gasteiger partial charge in [-0.15, -0.1) is 0 Å². The number of rotatable bonds is 3. The van der Waals surface area contributed by atoms with Gasteiger partial charge in [0.15, 0.2) is 11.5 Å². The van der Waals surface area contributed by atoms with E-state index in [1.165, 1.54) is 11.1 Å². The molecule has 0 unspecified atom stereocenters. The predicted molar refractivity (Wildman–Crippen MR) is 127 cm³/mol. The Morgan fingerprint density at radius 2 is 1.85 bits per heavy atom. The van der Waals surface area contributed by atoms with Crippen molar-refractivity contribution >= 4 is 11.9 Å². The highest BCUT2D eigenvalue weighted by molar-refractivity contribution is 5.83. The van der Waals surface area contributed by atoms with Crippen molar-refractivity contribution in [3.8, 4) is 11.5 Å². The zero-order valence-corrected chi connectivity index (χ0v) is 19.4. The SMILES string of the molecule is O=C(NCCc1ccccc1)N1CCC[C@H]2C(=O)N3CCc4cc5c(cc4[C@@H]3C[C@H]21)OCCO5. The van der Waals surface area contributed by atoms with E-state index < -0.39 is 0 Å². The molecule has 7 nitrogen and oxygen atoms in total. The van der Waals surface area contributed by atoms with E-state index in [4.69, 9.17) is 9.47 Å².